The molecule has 1 aromatic carbocycles. The van der Waals surface area contributed by atoms with E-state index in [1.807, 2.05) is 0 Å². The molecule has 0 aliphatic heterocycles. The van der Waals surface area contributed by atoms with Gasteiger partial charge in [-0.3, -0.25) is 0 Å². The lowest BCUT2D eigenvalue weighted by molar-refractivity contribution is 0.714. The van der Waals surface area contributed by atoms with E-state index in [4.69, 9.17) is 0 Å². The molecule has 0 heterocycles. The first-order valence-corrected chi connectivity index (χ1v) is 6.48. The largest absolute Gasteiger partial charge is 0.0654 e. The first-order valence-electron chi connectivity index (χ1n) is 6.48. The summed E-state index contributed by atoms with van der Waals surface area (Å²) in [5.41, 5.74) is 7.23. The highest BCUT2D eigenvalue weighted by atomic mass is 14.1. The van der Waals surface area contributed by atoms with Crippen LogP contribution in [-0.4, -0.2) is 0 Å². The van der Waals surface area contributed by atoms with Crippen molar-refractivity contribution in [3.05, 3.63) is 40.3 Å². The zero-order valence-electron chi connectivity index (χ0n) is 11.5. The van der Waals surface area contributed by atoms with Gasteiger partial charge in [-0.25, -0.2) is 0 Å². The number of benzene rings is 1. The lowest BCUT2D eigenvalue weighted by atomic mass is 9.92. The van der Waals surface area contributed by atoms with Crippen LogP contribution in [0.5, 0.6) is 0 Å². The second-order valence-corrected chi connectivity index (χ2v) is 4.86. The Hall–Kier alpha value is -0.780. The molecule has 1 radical (unpaired) electrons. The second-order valence-electron chi connectivity index (χ2n) is 4.86. The van der Waals surface area contributed by atoms with Gasteiger partial charge in [-0.05, 0) is 68.4 Å². The van der Waals surface area contributed by atoms with Gasteiger partial charge in [0.2, 0.25) is 0 Å². The molecule has 0 aliphatic carbocycles. The highest BCUT2D eigenvalue weighted by Gasteiger charge is 2.06. The van der Waals surface area contributed by atoms with Gasteiger partial charge >= 0.3 is 0 Å². The topological polar surface area (TPSA) is 0 Å². The van der Waals surface area contributed by atoms with Crippen molar-refractivity contribution in [1.82, 2.24) is 0 Å². The predicted octanol–water partition coefficient (Wildman–Crippen LogP) is 5.05. The molecule has 0 heteroatoms. The van der Waals surface area contributed by atoms with Crippen molar-refractivity contribution < 1.29 is 0 Å². The Morgan fingerprint density at radius 1 is 0.938 bits per heavy atom. The van der Waals surface area contributed by atoms with Crippen LogP contribution in [0.3, 0.4) is 0 Å². The monoisotopic (exact) mass is 217 g/mol. The molecule has 0 unspecified atom stereocenters. The Labute approximate surface area is 101 Å². The molecule has 0 fully saturated rings. The Balaban J connectivity index is 2.73. The smallest absolute Gasteiger partial charge is 0.00902 e. The maximum Gasteiger partial charge on any atom is -0.00902 e. The van der Waals surface area contributed by atoms with Crippen molar-refractivity contribution in [2.75, 3.05) is 0 Å². The molecule has 0 atom stereocenters. The van der Waals surface area contributed by atoms with E-state index in [2.05, 4.69) is 47.1 Å². The summed E-state index contributed by atoms with van der Waals surface area (Å²) in [6, 6.07) is 2.34. The highest BCUT2D eigenvalue weighted by Crippen LogP contribution is 2.23. The van der Waals surface area contributed by atoms with Gasteiger partial charge in [0.1, 0.15) is 0 Å². The minimum atomic E-state index is 1.22. The number of aryl methyl sites for hydroxylation is 1. The van der Waals surface area contributed by atoms with Crippen LogP contribution >= 0.6 is 0 Å². The number of hydrogen-bond donors (Lipinski definition) is 0. The molecular weight excluding hydrogens is 192 g/mol. The Morgan fingerprint density at radius 3 is 2.25 bits per heavy atom. The standard InChI is InChI=1S/C16H25/c1-6-7-8-9-10-16-11-12(2)13(3)14(4)15(16)5/h10-11H,6-9H2,1-5H3. The third-order valence-corrected chi connectivity index (χ3v) is 3.69. The molecule has 1 rings (SSSR count). The van der Waals surface area contributed by atoms with Crippen LogP contribution < -0.4 is 0 Å². The van der Waals surface area contributed by atoms with E-state index < -0.39 is 0 Å². The summed E-state index contributed by atoms with van der Waals surface area (Å²) in [7, 11) is 0. The molecule has 89 valence electrons. The summed E-state index contributed by atoms with van der Waals surface area (Å²) in [6.45, 7) is 11.2. The molecule has 1 aromatic rings. The number of unbranched alkanes of at least 4 members (excludes halogenated alkanes) is 3. The third kappa shape index (κ3) is 3.10. The molecule has 0 nitrogen and oxygen atoms in total. The van der Waals surface area contributed by atoms with Crippen LogP contribution in [0, 0.1) is 34.1 Å². The molecule has 0 N–H and O–H groups in total. The Bertz CT molecular complexity index is 348. The van der Waals surface area contributed by atoms with E-state index in [-0.39, 0.29) is 0 Å². The summed E-state index contributed by atoms with van der Waals surface area (Å²) in [5.74, 6) is 0. The first kappa shape index (κ1) is 13.3. The lowest BCUT2D eigenvalue weighted by Crippen LogP contribution is -1.97. The third-order valence-electron chi connectivity index (χ3n) is 3.69. The van der Waals surface area contributed by atoms with Gasteiger partial charge in [0.25, 0.3) is 0 Å². The average molecular weight is 217 g/mol. The maximum atomic E-state index is 2.41. The molecular formula is C16H25. The molecule has 16 heavy (non-hydrogen) atoms. The zero-order valence-corrected chi connectivity index (χ0v) is 11.5. The van der Waals surface area contributed by atoms with Crippen LogP contribution in [0.4, 0.5) is 0 Å². The Kier molecular flexibility index (Phi) is 5.05. The van der Waals surface area contributed by atoms with Crippen molar-refractivity contribution in [3.8, 4) is 0 Å². The summed E-state index contributed by atoms with van der Waals surface area (Å²) < 4.78 is 0. The quantitative estimate of drug-likeness (QED) is 0.605. The molecule has 0 spiro atoms. The fourth-order valence-electron chi connectivity index (χ4n) is 2.11. The van der Waals surface area contributed by atoms with Crippen molar-refractivity contribution in [3.63, 3.8) is 0 Å². The fourth-order valence-corrected chi connectivity index (χ4v) is 2.11. The normalized spacial score (nSPS) is 10.8. The van der Waals surface area contributed by atoms with Crippen molar-refractivity contribution in [2.24, 2.45) is 0 Å². The molecule has 0 saturated carbocycles. The lowest BCUT2D eigenvalue weighted by Gasteiger charge is -2.14. The number of hydrogen-bond acceptors (Lipinski definition) is 0. The fraction of sp³-hybridized carbons (Fsp3) is 0.562. The van der Waals surface area contributed by atoms with Gasteiger partial charge in [0.15, 0.2) is 0 Å². The Morgan fingerprint density at radius 2 is 1.62 bits per heavy atom. The summed E-state index contributed by atoms with van der Waals surface area (Å²) in [4.78, 5) is 0. The van der Waals surface area contributed by atoms with E-state index in [0.29, 0.717) is 0 Å². The maximum absolute atomic E-state index is 2.41. The van der Waals surface area contributed by atoms with E-state index in [1.165, 1.54) is 53.5 Å². The minimum absolute atomic E-state index is 1.22. The van der Waals surface area contributed by atoms with Gasteiger partial charge in [0, 0.05) is 0 Å². The van der Waals surface area contributed by atoms with E-state index in [9.17, 15) is 0 Å². The van der Waals surface area contributed by atoms with Gasteiger partial charge in [0.05, 0.1) is 0 Å². The van der Waals surface area contributed by atoms with Crippen LogP contribution in [-0.2, 0) is 0 Å². The molecule has 0 saturated heterocycles. The van der Waals surface area contributed by atoms with Crippen molar-refractivity contribution >= 4 is 0 Å². The second kappa shape index (κ2) is 6.08. The van der Waals surface area contributed by atoms with E-state index in [1.54, 1.807) is 0 Å². The number of rotatable bonds is 5. The summed E-state index contributed by atoms with van der Waals surface area (Å²) in [6.07, 6.45) is 7.60. The van der Waals surface area contributed by atoms with Gasteiger partial charge < -0.3 is 0 Å². The van der Waals surface area contributed by atoms with Crippen LogP contribution in [0.1, 0.15) is 60.4 Å². The average Bonchev–Trinajstić information content (AvgIpc) is 2.28. The highest BCUT2D eigenvalue weighted by molar-refractivity contribution is 5.46. The summed E-state index contributed by atoms with van der Waals surface area (Å²) in [5, 5.41) is 0. The predicted molar refractivity (Wildman–Crippen MR) is 72.9 cm³/mol. The van der Waals surface area contributed by atoms with Crippen molar-refractivity contribution in [1.29, 1.82) is 0 Å². The first-order chi connectivity index (χ1) is 7.57. The zero-order chi connectivity index (χ0) is 12.1. The van der Waals surface area contributed by atoms with E-state index >= 15 is 0 Å². The molecule has 0 bridgehead atoms. The van der Waals surface area contributed by atoms with Crippen LogP contribution in [0.15, 0.2) is 6.07 Å². The SMILES string of the molecule is CCCCC[CH]c1cc(C)c(C)c(C)c1C. The van der Waals surface area contributed by atoms with Crippen LogP contribution in [0.2, 0.25) is 0 Å². The van der Waals surface area contributed by atoms with Crippen molar-refractivity contribution in [2.45, 2.75) is 60.3 Å². The molecule has 0 amide bonds. The minimum Gasteiger partial charge on any atom is -0.0654 e. The summed E-state index contributed by atoms with van der Waals surface area (Å²) >= 11 is 0. The van der Waals surface area contributed by atoms with Gasteiger partial charge in [-0.15, -0.1) is 0 Å². The van der Waals surface area contributed by atoms with E-state index in [0.717, 1.165) is 0 Å². The molecule has 0 aliphatic rings. The molecule has 0 aromatic heterocycles. The van der Waals surface area contributed by atoms with Gasteiger partial charge in [-0.2, -0.15) is 0 Å². The van der Waals surface area contributed by atoms with Crippen LogP contribution in [0.25, 0.3) is 0 Å². The van der Waals surface area contributed by atoms with Gasteiger partial charge in [-0.1, -0.05) is 32.3 Å².